The van der Waals surface area contributed by atoms with Crippen molar-refractivity contribution in [2.75, 3.05) is 0 Å². The van der Waals surface area contributed by atoms with Gasteiger partial charge in [-0.05, 0) is 53.4 Å². The van der Waals surface area contributed by atoms with Crippen LogP contribution in [0.25, 0.3) is 10.9 Å². The number of rotatable bonds is 3. The fourth-order valence-electron chi connectivity index (χ4n) is 2.26. The van der Waals surface area contributed by atoms with Crippen LogP contribution in [0.5, 0.6) is 0 Å². The van der Waals surface area contributed by atoms with Gasteiger partial charge in [-0.1, -0.05) is 12.1 Å². The second-order valence-corrected chi connectivity index (χ2v) is 5.18. The molecule has 0 saturated heterocycles. The molecule has 17 heavy (non-hydrogen) atoms. The summed E-state index contributed by atoms with van der Waals surface area (Å²) in [6, 6.07) is 10.9. The van der Waals surface area contributed by atoms with E-state index in [1.807, 2.05) is 0 Å². The molecule has 2 aromatic heterocycles. The van der Waals surface area contributed by atoms with Gasteiger partial charge in [0, 0.05) is 23.6 Å². The zero-order valence-electron chi connectivity index (χ0n) is 9.89. The zero-order chi connectivity index (χ0) is 11.7. The van der Waals surface area contributed by atoms with Crippen LogP contribution in [0.2, 0.25) is 0 Å². The highest BCUT2D eigenvalue weighted by Crippen LogP contribution is 2.20. The Morgan fingerprint density at radius 3 is 2.94 bits per heavy atom. The van der Waals surface area contributed by atoms with Gasteiger partial charge in [0.25, 0.3) is 0 Å². The van der Waals surface area contributed by atoms with Crippen molar-refractivity contribution in [2.45, 2.75) is 19.9 Å². The number of hydrogen-bond donors (Lipinski definition) is 0. The summed E-state index contributed by atoms with van der Waals surface area (Å²) in [5.74, 6) is 0. The lowest BCUT2D eigenvalue weighted by Gasteiger charge is -2.05. The molecule has 1 aromatic carbocycles. The summed E-state index contributed by atoms with van der Waals surface area (Å²) in [7, 11) is 0. The molecule has 0 atom stereocenters. The smallest absolute Gasteiger partial charge is 0.0483 e. The van der Waals surface area contributed by atoms with Crippen molar-refractivity contribution in [1.82, 2.24) is 4.57 Å². The van der Waals surface area contributed by atoms with Gasteiger partial charge in [-0.3, -0.25) is 0 Å². The second kappa shape index (κ2) is 4.38. The van der Waals surface area contributed by atoms with E-state index in [1.54, 1.807) is 11.3 Å². The molecule has 0 bridgehead atoms. The standard InChI is InChI=1S/C15H15NS/c1-12-3-2-4-15-14(12)6-9-16(15)8-5-13-7-10-17-11-13/h2-4,6-7,9-11H,5,8H2,1H3. The Bertz CT molecular complexity index is 619. The molecule has 2 heteroatoms. The molecule has 86 valence electrons. The number of hydrogen-bond acceptors (Lipinski definition) is 1. The van der Waals surface area contributed by atoms with Crippen molar-refractivity contribution in [3.8, 4) is 0 Å². The third-order valence-electron chi connectivity index (χ3n) is 3.25. The lowest BCUT2D eigenvalue weighted by atomic mass is 10.1. The van der Waals surface area contributed by atoms with Crippen LogP contribution in [0.15, 0.2) is 47.3 Å². The van der Waals surface area contributed by atoms with Crippen LogP contribution < -0.4 is 0 Å². The molecule has 0 fully saturated rings. The molecule has 0 aliphatic rings. The highest BCUT2D eigenvalue weighted by molar-refractivity contribution is 7.07. The van der Waals surface area contributed by atoms with Crippen LogP contribution in [-0.4, -0.2) is 4.57 Å². The van der Waals surface area contributed by atoms with E-state index in [0.717, 1.165) is 13.0 Å². The van der Waals surface area contributed by atoms with E-state index in [9.17, 15) is 0 Å². The number of aromatic nitrogens is 1. The van der Waals surface area contributed by atoms with E-state index in [1.165, 1.54) is 22.0 Å². The maximum Gasteiger partial charge on any atom is 0.0483 e. The van der Waals surface area contributed by atoms with Crippen LogP contribution in [0.4, 0.5) is 0 Å². The summed E-state index contributed by atoms with van der Waals surface area (Å²) in [6.45, 7) is 3.23. The van der Waals surface area contributed by atoms with Gasteiger partial charge in [-0.25, -0.2) is 0 Å². The van der Waals surface area contributed by atoms with Crippen molar-refractivity contribution in [2.24, 2.45) is 0 Å². The van der Waals surface area contributed by atoms with Gasteiger partial charge < -0.3 is 4.57 Å². The van der Waals surface area contributed by atoms with Gasteiger partial charge in [-0.2, -0.15) is 11.3 Å². The van der Waals surface area contributed by atoms with E-state index in [4.69, 9.17) is 0 Å². The molecule has 0 unspecified atom stereocenters. The molecule has 3 rings (SSSR count). The van der Waals surface area contributed by atoms with Crippen LogP contribution in [0.3, 0.4) is 0 Å². The van der Waals surface area contributed by atoms with E-state index >= 15 is 0 Å². The SMILES string of the molecule is Cc1cccc2c1ccn2CCc1ccsc1. The van der Waals surface area contributed by atoms with E-state index in [-0.39, 0.29) is 0 Å². The average molecular weight is 241 g/mol. The Morgan fingerprint density at radius 2 is 2.12 bits per heavy atom. The predicted molar refractivity (Wildman–Crippen MR) is 74.7 cm³/mol. The van der Waals surface area contributed by atoms with Gasteiger partial charge in [0.15, 0.2) is 0 Å². The molecule has 1 nitrogen and oxygen atoms in total. The molecular formula is C15H15NS. The molecule has 0 aliphatic carbocycles. The Morgan fingerprint density at radius 1 is 1.18 bits per heavy atom. The van der Waals surface area contributed by atoms with E-state index in [0.29, 0.717) is 0 Å². The monoisotopic (exact) mass is 241 g/mol. The number of aryl methyl sites for hydroxylation is 3. The first-order valence-electron chi connectivity index (χ1n) is 5.90. The van der Waals surface area contributed by atoms with Crippen molar-refractivity contribution < 1.29 is 0 Å². The Kier molecular flexibility index (Phi) is 2.73. The van der Waals surface area contributed by atoms with Gasteiger partial charge >= 0.3 is 0 Å². The predicted octanol–water partition coefficient (Wildman–Crippen LogP) is 4.25. The van der Waals surface area contributed by atoms with E-state index < -0.39 is 0 Å². The average Bonchev–Trinajstić information content (AvgIpc) is 2.95. The molecule has 0 spiro atoms. The van der Waals surface area contributed by atoms with Crippen molar-refractivity contribution in [3.05, 3.63) is 58.4 Å². The van der Waals surface area contributed by atoms with Gasteiger partial charge in [0.1, 0.15) is 0 Å². The van der Waals surface area contributed by atoms with Crippen molar-refractivity contribution >= 4 is 22.2 Å². The molecule has 0 saturated carbocycles. The number of thiophene rings is 1. The van der Waals surface area contributed by atoms with Crippen LogP contribution in [0, 0.1) is 6.92 Å². The Balaban J connectivity index is 1.88. The molecule has 0 radical (unpaired) electrons. The van der Waals surface area contributed by atoms with Crippen LogP contribution >= 0.6 is 11.3 Å². The van der Waals surface area contributed by atoms with Crippen molar-refractivity contribution in [3.63, 3.8) is 0 Å². The number of nitrogens with zero attached hydrogens (tertiary/aromatic N) is 1. The molecule has 0 aliphatic heterocycles. The van der Waals surface area contributed by atoms with E-state index in [2.05, 4.69) is 58.8 Å². The maximum absolute atomic E-state index is 2.35. The third-order valence-corrected chi connectivity index (χ3v) is 3.99. The summed E-state index contributed by atoms with van der Waals surface area (Å²) >= 11 is 1.77. The lowest BCUT2D eigenvalue weighted by molar-refractivity contribution is 0.724. The fraction of sp³-hybridized carbons (Fsp3) is 0.200. The number of benzene rings is 1. The summed E-state index contributed by atoms with van der Waals surface area (Å²) in [4.78, 5) is 0. The third kappa shape index (κ3) is 2.01. The summed E-state index contributed by atoms with van der Waals surface area (Å²) in [5, 5.41) is 5.75. The summed E-state index contributed by atoms with van der Waals surface area (Å²) < 4.78 is 2.35. The minimum absolute atomic E-state index is 1.06. The topological polar surface area (TPSA) is 4.93 Å². The fourth-order valence-corrected chi connectivity index (χ4v) is 2.96. The molecule has 2 heterocycles. The highest BCUT2D eigenvalue weighted by Gasteiger charge is 2.02. The normalized spacial score (nSPS) is 11.1. The first-order valence-corrected chi connectivity index (χ1v) is 6.84. The second-order valence-electron chi connectivity index (χ2n) is 4.40. The largest absolute Gasteiger partial charge is 0.347 e. The quantitative estimate of drug-likeness (QED) is 0.646. The highest BCUT2D eigenvalue weighted by atomic mass is 32.1. The first-order chi connectivity index (χ1) is 8.34. The minimum atomic E-state index is 1.06. The molecule has 0 amide bonds. The molecular weight excluding hydrogens is 226 g/mol. The van der Waals surface area contributed by atoms with Crippen LogP contribution in [-0.2, 0) is 13.0 Å². The van der Waals surface area contributed by atoms with Crippen LogP contribution in [0.1, 0.15) is 11.1 Å². The molecule has 0 N–H and O–H groups in total. The minimum Gasteiger partial charge on any atom is -0.347 e. The zero-order valence-corrected chi connectivity index (χ0v) is 10.7. The lowest BCUT2D eigenvalue weighted by Crippen LogP contribution is -1.98. The Hall–Kier alpha value is -1.54. The van der Waals surface area contributed by atoms with Gasteiger partial charge in [0.05, 0.1) is 0 Å². The summed E-state index contributed by atoms with van der Waals surface area (Å²) in [6.07, 6.45) is 3.31. The molecule has 3 aromatic rings. The van der Waals surface area contributed by atoms with Gasteiger partial charge in [0.2, 0.25) is 0 Å². The maximum atomic E-state index is 2.35. The first kappa shape index (κ1) is 10.6. The summed E-state index contributed by atoms with van der Waals surface area (Å²) in [5.41, 5.74) is 4.14. The Labute approximate surface area is 105 Å². The number of fused-ring (bicyclic) bond motifs is 1. The van der Waals surface area contributed by atoms with Gasteiger partial charge in [-0.15, -0.1) is 0 Å². The van der Waals surface area contributed by atoms with Crippen molar-refractivity contribution in [1.29, 1.82) is 0 Å².